The average Bonchev–Trinajstić information content (AvgIpc) is 3.30. The van der Waals surface area contributed by atoms with Gasteiger partial charge in [0.1, 0.15) is 12.4 Å². The van der Waals surface area contributed by atoms with E-state index in [0.29, 0.717) is 38.3 Å². The molecule has 2 aromatic carbocycles. The molecular formula is C28H34ClN5O4S. The molecule has 4 heterocycles. The lowest BCUT2D eigenvalue weighted by Crippen LogP contribution is -2.56. The monoisotopic (exact) mass is 571 g/mol. The molecule has 2 saturated heterocycles. The van der Waals surface area contributed by atoms with Gasteiger partial charge in [0.15, 0.2) is 9.84 Å². The molecule has 39 heavy (non-hydrogen) atoms. The number of benzene rings is 2. The van der Waals surface area contributed by atoms with E-state index in [-0.39, 0.29) is 12.4 Å². The van der Waals surface area contributed by atoms with E-state index in [0.717, 1.165) is 70.9 Å². The van der Waals surface area contributed by atoms with Gasteiger partial charge < -0.3 is 24.5 Å². The van der Waals surface area contributed by atoms with Crippen LogP contribution in [0.3, 0.4) is 0 Å². The van der Waals surface area contributed by atoms with Crippen LogP contribution in [0.4, 0.5) is 11.5 Å². The number of aliphatic hydroxyl groups is 1. The molecular weight excluding hydrogens is 538 g/mol. The first kappa shape index (κ1) is 26.6. The molecule has 208 valence electrons. The summed E-state index contributed by atoms with van der Waals surface area (Å²) in [6.45, 7) is 3.28. The second-order valence-corrected chi connectivity index (χ2v) is 13.6. The maximum absolute atomic E-state index is 12.5. The lowest BCUT2D eigenvalue weighted by atomic mass is 10.0. The van der Waals surface area contributed by atoms with Crippen LogP contribution >= 0.6 is 11.6 Å². The fourth-order valence-corrected chi connectivity index (χ4v) is 7.63. The SMILES string of the molecule is CN1CCC[C@H]1COc1nc2c(c(N3CC(S(=O)(=O)CCO)C3)n1)CCN(c1cccc3cccc(Cl)c13)C2. The van der Waals surface area contributed by atoms with Gasteiger partial charge in [-0.1, -0.05) is 35.9 Å². The molecule has 3 aliphatic heterocycles. The van der Waals surface area contributed by atoms with Crippen LogP contribution in [-0.4, -0.2) is 91.9 Å². The van der Waals surface area contributed by atoms with E-state index in [9.17, 15) is 13.5 Å². The third-order valence-electron chi connectivity index (χ3n) is 8.30. The quantitative estimate of drug-likeness (QED) is 0.437. The number of hydrogen-bond donors (Lipinski definition) is 1. The Morgan fingerprint density at radius 1 is 1.10 bits per heavy atom. The molecule has 1 aromatic heterocycles. The summed E-state index contributed by atoms with van der Waals surface area (Å²) in [4.78, 5) is 16.3. The zero-order chi connectivity index (χ0) is 27.1. The summed E-state index contributed by atoms with van der Waals surface area (Å²) in [5.74, 6) is 0.556. The Hall–Kier alpha value is -2.66. The predicted molar refractivity (Wildman–Crippen MR) is 154 cm³/mol. The number of fused-ring (bicyclic) bond motifs is 2. The summed E-state index contributed by atoms with van der Waals surface area (Å²) >= 11 is 6.64. The molecule has 0 bridgehead atoms. The molecule has 11 heteroatoms. The number of sulfone groups is 1. The highest BCUT2D eigenvalue weighted by atomic mass is 35.5. The molecule has 1 atom stereocenters. The Kier molecular flexibility index (Phi) is 7.30. The molecule has 1 N–H and O–H groups in total. The largest absolute Gasteiger partial charge is 0.462 e. The molecule has 0 saturated carbocycles. The molecule has 0 spiro atoms. The molecule has 3 aliphatic rings. The Labute approximate surface area is 234 Å². The molecule has 3 aromatic rings. The van der Waals surface area contributed by atoms with Crippen LogP contribution in [0.15, 0.2) is 36.4 Å². The molecule has 2 fully saturated rings. The molecule has 0 radical (unpaired) electrons. The van der Waals surface area contributed by atoms with Crippen molar-refractivity contribution in [2.75, 3.05) is 62.0 Å². The van der Waals surface area contributed by atoms with Crippen LogP contribution in [-0.2, 0) is 22.8 Å². The highest BCUT2D eigenvalue weighted by Crippen LogP contribution is 2.38. The number of rotatable bonds is 8. The van der Waals surface area contributed by atoms with E-state index >= 15 is 0 Å². The van der Waals surface area contributed by atoms with Crippen molar-refractivity contribution in [3.63, 3.8) is 0 Å². The second-order valence-electron chi connectivity index (χ2n) is 10.7. The number of aliphatic hydroxyl groups excluding tert-OH is 1. The summed E-state index contributed by atoms with van der Waals surface area (Å²) in [7, 11) is -1.22. The van der Waals surface area contributed by atoms with Crippen LogP contribution in [0.25, 0.3) is 10.8 Å². The topological polar surface area (TPSA) is 99.1 Å². The highest BCUT2D eigenvalue weighted by molar-refractivity contribution is 7.92. The van der Waals surface area contributed by atoms with Gasteiger partial charge in [0.25, 0.3) is 0 Å². The van der Waals surface area contributed by atoms with E-state index in [1.54, 1.807) is 0 Å². The summed E-state index contributed by atoms with van der Waals surface area (Å²) in [5.41, 5.74) is 3.01. The molecule has 0 amide bonds. The van der Waals surface area contributed by atoms with Crippen LogP contribution in [0.2, 0.25) is 5.02 Å². The number of hydrogen-bond acceptors (Lipinski definition) is 9. The van der Waals surface area contributed by atoms with Crippen molar-refractivity contribution in [2.45, 2.75) is 37.1 Å². The first-order chi connectivity index (χ1) is 18.8. The lowest BCUT2D eigenvalue weighted by molar-refractivity contribution is 0.187. The van der Waals surface area contributed by atoms with Gasteiger partial charge in [-0.25, -0.2) is 8.42 Å². The molecule has 0 unspecified atom stereocenters. The van der Waals surface area contributed by atoms with E-state index in [2.05, 4.69) is 41.1 Å². The third kappa shape index (κ3) is 5.15. The Morgan fingerprint density at radius 3 is 2.64 bits per heavy atom. The van der Waals surface area contributed by atoms with Gasteiger partial charge in [-0.3, -0.25) is 0 Å². The van der Waals surface area contributed by atoms with Crippen LogP contribution < -0.4 is 14.5 Å². The first-order valence-electron chi connectivity index (χ1n) is 13.6. The van der Waals surface area contributed by atoms with Gasteiger partial charge in [-0.15, -0.1) is 0 Å². The van der Waals surface area contributed by atoms with Gasteiger partial charge in [0.05, 0.1) is 34.9 Å². The molecule has 0 aliphatic carbocycles. The minimum absolute atomic E-state index is 0.209. The fraction of sp³-hybridized carbons (Fsp3) is 0.500. The highest BCUT2D eigenvalue weighted by Gasteiger charge is 2.39. The van der Waals surface area contributed by atoms with Crippen molar-refractivity contribution in [1.29, 1.82) is 0 Å². The van der Waals surface area contributed by atoms with E-state index in [4.69, 9.17) is 26.3 Å². The van der Waals surface area contributed by atoms with Gasteiger partial charge >= 0.3 is 6.01 Å². The number of likely N-dealkylation sites (N-methyl/N-ethyl adjacent to an activating group) is 1. The third-order valence-corrected chi connectivity index (χ3v) is 10.7. The Morgan fingerprint density at radius 2 is 1.90 bits per heavy atom. The maximum atomic E-state index is 12.5. The van der Waals surface area contributed by atoms with Gasteiger partial charge in [-0.2, -0.15) is 9.97 Å². The van der Waals surface area contributed by atoms with Crippen LogP contribution in [0.1, 0.15) is 24.1 Å². The van der Waals surface area contributed by atoms with Crippen LogP contribution in [0.5, 0.6) is 6.01 Å². The first-order valence-corrected chi connectivity index (χ1v) is 15.7. The summed E-state index contributed by atoms with van der Waals surface area (Å²) in [5, 5.41) is 11.5. The summed E-state index contributed by atoms with van der Waals surface area (Å²) < 4.78 is 31.2. The van der Waals surface area contributed by atoms with Crippen molar-refractivity contribution in [2.24, 2.45) is 0 Å². The number of anilines is 2. The van der Waals surface area contributed by atoms with Gasteiger partial charge in [0, 0.05) is 42.3 Å². The number of aromatic nitrogens is 2. The second kappa shape index (κ2) is 10.7. The smallest absolute Gasteiger partial charge is 0.318 e. The average molecular weight is 572 g/mol. The van der Waals surface area contributed by atoms with Crippen molar-refractivity contribution >= 4 is 43.7 Å². The van der Waals surface area contributed by atoms with E-state index in [1.165, 1.54) is 0 Å². The maximum Gasteiger partial charge on any atom is 0.318 e. The standard InChI is InChI=1S/C28H34ClN5O4S/c1-32-11-4-7-20(32)18-38-28-30-24-17-33(25-9-3-6-19-5-2-8-23(29)26(19)25)12-10-22(24)27(31-28)34-15-21(16-34)39(36,37)14-13-35/h2-3,5-6,8-9,20-21,35H,4,7,10-18H2,1H3/t20-/m0/s1. The lowest BCUT2D eigenvalue weighted by Gasteiger charge is -2.41. The Bertz CT molecular complexity index is 1480. The number of halogens is 1. The number of nitrogens with zero attached hydrogens (tertiary/aromatic N) is 5. The number of likely N-dealkylation sites (tertiary alicyclic amines) is 1. The van der Waals surface area contributed by atoms with E-state index < -0.39 is 15.1 Å². The molecule has 9 nitrogen and oxygen atoms in total. The van der Waals surface area contributed by atoms with Crippen molar-refractivity contribution in [3.8, 4) is 6.01 Å². The zero-order valence-electron chi connectivity index (χ0n) is 22.1. The van der Waals surface area contributed by atoms with Gasteiger partial charge in [0.2, 0.25) is 0 Å². The van der Waals surface area contributed by atoms with E-state index in [1.807, 2.05) is 17.0 Å². The Balaban J connectivity index is 1.31. The minimum atomic E-state index is -3.34. The number of ether oxygens (including phenoxy) is 1. The van der Waals surface area contributed by atoms with Crippen molar-refractivity contribution in [3.05, 3.63) is 52.7 Å². The van der Waals surface area contributed by atoms with Crippen molar-refractivity contribution in [1.82, 2.24) is 14.9 Å². The predicted octanol–water partition coefficient (Wildman–Crippen LogP) is 2.91. The van der Waals surface area contributed by atoms with Crippen LogP contribution in [0, 0.1) is 0 Å². The minimum Gasteiger partial charge on any atom is -0.462 e. The fourth-order valence-electron chi connectivity index (χ4n) is 5.95. The summed E-state index contributed by atoms with van der Waals surface area (Å²) in [6, 6.07) is 12.8. The summed E-state index contributed by atoms with van der Waals surface area (Å²) in [6.07, 6.45) is 2.96. The molecule has 6 rings (SSSR count). The normalized spacial score (nSPS) is 20.3. The van der Waals surface area contributed by atoms with Crippen molar-refractivity contribution < 1.29 is 18.3 Å². The zero-order valence-corrected chi connectivity index (χ0v) is 23.7. The van der Waals surface area contributed by atoms with Gasteiger partial charge in [-0.05, 0) is 50.4 Å².